The summed E-state index contributed by atoms with van der Waals surface area (Å²) in [6.07, 6.45) is 10.0. The quantitative estimate of drug-likeness (QED) is 0.391. The molecular weight excluding hydrogens is 432 g/mol. The first kappa shape index (κ1) is 22.7. The summed E-state index contributed by atoms with van der Waals surface area (Å²) >= 11 is 0. The highest BCUT2D eigenvalue weighted by Gasteiger charge is 2.29. The van der Waals surface area contributed by atoms with E-state index in [1.54, 1.807) is 0 Å². The summed E-state index contributed by atoms with van der Waals surface area (Å²) in [6, 6.07) is 10.8. The molecule has 2 aliphatic heterocycles. The summed E-state index contributed by atoms with van der Waals surface area (Å²) in [5.74, 6) is 0.665. The molecule has 0 amide bonds. The van der Waals surface area contributed by atoms with Crippen molar-refractivity contribution in [1.82, 2.24) is 30.0 Å². The van der Waals surface area contributed by atoms with Gasteiger partial charge in [-0.3, -0.25) is 5.10 Å². The number of likely N-dealkylation sites (tertiary alicyclic amines) is 2. The van der Waals surface area contributed by atoms with E-state index in [0.717, 1.165) is 29.1 Å². The van der Waals surface area contributed by atoms with Gasteiger partial charge in [0.2, 0.25) is 0 Å². The zero-order chi connectivity index (χ0) is 23.9. The predicted octanol–water partition coefficient (Wildman–Crippen LogP) is 5.72. The summed E-state index contributed by atoms with van der Waals surface area (Å²) in [7, 11) is 0. The van der Waals surface area contributed by atoms with Gasteiger partial charge >= 0.3 is 0 Å². The van der Waals surface area contributed by atoms with Crippen LogP contribution in [0.15, 0.2) is 36.7 Å². The maximum atomic E-state index is 4.57. The minimum atomic E-state index is 0.665. The number of piperidine rings is 2. The molecule has 2 N–H and O–H groups in total. The number of aryl methyl sites for hydroxylation is 1. The Morgan fingerprint density at radius 3 is 2.54 bits per heavy atom. The standard InChI is InChI=1S/C29H38N6/c1-4-25-26-16-21(20-7-11-35(12-8-20)24-9-13-34(14-10-24)19(2)3)5-6-27(26)32-28(25)22-15-23-18-31-33-29(23)30-17-22/h5-6,15-20,24,32H,4,7-14H2,1-3H3,(H,30,31,33). The molecule has 0 spiro atoms. The van der Waals surface area contributed by atoms with Crippen LogP contribution in [0.3, 0.4) is 0 Å². The number of rotatable bonds is 5. The van der Waals surface area contributed by atoms with Crippen molar-refractivity contribution in [3.8, 4) is 11.3 Å². The molecule has 5 heterocycles. The largest absolute Gasteiger partial charge is 0.354 e. The van der Waals surface area contributed by atoms with E-state index in [0.29, 0.717) is 12.0 Å². The molecule has 184 valence electrons. The van der Waals surface area contributed by atoms with E-state index in [2.05, 4.69) is 75.0 Å². The van der Waals surface area contributed by atoms with Crippen LogP contribution in [-0.4, -0.2) is 68.2 Å². The molecule has 0 saturated carbocycles. The Labute approximate surface area is 208 Å². The Morgan fingerprint density at radius 1 is 1.00 bits per heavy atom. The molecule has 2 saturated heterocycles. The molecule has 2 aliphatic rings. The molecule has 0 aliphatic carbocycles. The summed E-state index contributed by atoms with van der Waals surface area (Å²) in [5, 5.41) is 9.50. The van der Waals surface area contributed by atoms with Gasteiger partial charge in [-0.25, -0.2) is 4.98 Å². The lowest BCUT2D eigenvalue weighted by Gasteiger charge is -2.43. The van der Waals surface area contributed by atoms with Crippen molar-refractivity contribution in [3.05, 3.63) is 47.8 Å². The second-order valence-electron chi connectivity index (χ2n) is 10.8. The van der Waals surface area contributed by atoms with Crippen LogP contribution >= 0.6 is 0 Å². The highest BCUT2D eigenvalue weighted by atomic mass is 15.2. The Hall–Kier alpha value is -2.70. The van der Waals surface area contributed by atoms with Crippen LogP contribution in [0, 0.1) is 0 Å². The van der Waals surface area contributed by atoms with E-state index in [4.69, 9.17) is 0 Å². The van der Waals surface area contributed by atoms with Gasteiger partial charge in [0.25, 0.3) is 0 Å². The van der Waals surface area contributed by atoms with Gasteiger partial charge in [-0.1, -0.05) is 13.0 Å². The SMILES string of the molecule is CCc1c(-c2cnc3[nH]ncc3c2)[nH]c2ccc(C3CCN(C4CCN(C(C)C)CC4)CC3)cc12. The van der Waals surface area contributed by atoms with Crippen molar-refractivity contribution in [1.29, 1.82) is 0 Å². The van der Waals surface area contributed by atoms with Crippen molar-refractivity contribution in [3.63, 3.8) is 0 Å². The lowest BCUT2D eigenvalue weighted by atomic mass is 9.87. The first-order valence-electron chi connectivity index (χ1n) is 13.5. The van der Waals surface area contributed by atoms with E-state index in [1.807, 2.05) is 12.4 Å². The highest BCUT2D eigenvalue weighted by Crippen LogP contribution is 2.36. The van der Waals surface area contributed by atoms with Crippen LogP contribution in [0.5, 0.6) is 0 Å². The topological polar surface area (TPSA) is 63.8 Å². The number of aromatic nitrogens is 4. The third-order valence-corrected chi connectivity index (χ3v) is 8.61. The second-order valence-corrected chi connectivity index (χ2v) is 10.8. The number of aromatic amines is 2. The zero-order valence-electron chi connectivity index (χ0n) is 21.3. The van der Waals surface area contributed by atoms with E-state index in [-0.39, 0.29) is 0 Å². The van der Waals surface area contributed by atoms with Gasteiger partial charge in [0.15, 0.2) is 5.65 Å². The monoisotopic (exact) mass is 470 g/mol. The molecule has 35 heavy (non-hydrogen) atoms. The molecule has 0 bridgehead atoms. The molecule has 0 unspecified atom stereocenters. The molecule has 6 heteroatoms. The van der Waals surface area contributed by atoms with E-state index in [1.165, 1.54) is 79.6 Å². The van der Waals surface area contributed by atoms with E-state index < -0.39 is 0 Å². The van der Waals surface area contributed by atoms with Crippen LogP contribution < -0.4 is 0 Å². The van der Waals surface area contributed by atoms with Gasteiger partial charge < -0.3 is 14.8 Å². The first-order chi connectivity index (χ1) is 17.1. The Morgan fingerprint density at radius 2 is 1.80 bits per heavy atom. The van der Waals surface area contributed by atoms with Gasteiger partial charge in [-0.2, -0.15) is 5.10 Å². The Balaban J connectivity index is 1.19. The maximum Gasteiger partial charge on any atom is 0.155 e. The van der Waals surface area contributed by atoms with Crippen molar-refractivity contribution >= 4 is 21.9 Å². The predicted molar refractivity (Wildman–Crippen MR) is 144 cm³/mol. The first-order valence-corrected chi connectivity index (χ1v) is 13.5. The van der Waals surface area contributed by atoms with Gasteiger partial charge in [-0.15, -0.1) is 0 Å². The molecule has 2 fully saturated rings. The summed E-state index contributed by atoms with van der Waals surface area (Å²) in [6.45, 7) is 11.9. The smallest absolute Gasteiger partial charge is 0.155 e. The number of pyridine rings is 1. The molecule has 6 rings (SSSR count). The van der Waals surface area contributed by atoms with Gasteiger partial charge in [0.1, 0.15) is 0 Å². The van der Waals surface area contributed by atoms with Crippen LogP contribution in [0.4, 0.5) is 0 Å². The van der Waals surface area contributed by atoms with Crippen LogP contribution in [0.25, 0.3) is 33.2 Å². The Kier molecular flexibility index (Phi) is 6.11. The maximum absolute atomic E-state index is 4.57. The lowest BCUT2D eigenvalue weighted by molar-refractivity contribution is 0.0753. The number of nitrogens with one attached hydrogen (secondary N) is 2. The number of H-pyrrole nitrogens is 2. The number of hydrogen-bond donors (Lipinski definition) is 2. The minimum absolute atomic E-state index is 0.665. The number of hydrogen-bond acceptors (Lipinski definition) is 4. The summed E-state index contributed by atoms with van der Waals surface area (Å²) in [4.78, 5) is 13.7. The van der Waals surface area contributed by atoms with Gasteiger partial charge in [0.05, 0.1) is 11.9 Å². The van der Waals surface area contributed by atoms with Crippen molar-refractivity contribution in [2.45, 2.75) is 70.9 Å². The summed E-state index contributed by atoms with van der Waals surface area (Å²) < 4.78 is 0. The van der Waals surface area contributed by atoms with Crippen molar-refractivity contribution < 1.29 is 0 Å². The van der Waals surface area contributed by atoms with Crippen LogP contribution in [-0.2, 0) is 6.42 Å². The van der Waals surface area contributed by atoms with Crippen molar-refractivity contribution in [2.24, 2.45) is 0 Å². The molecule has 0 radical (unpaired) electrons. The van der Waals surface area contributed by atoms with E-state index >= 15 is 0 Å². The number of nitrogens with zero attached hydrogens (tertiary/aromatic N) is 4. The zero-order valence-corrected chi connectivity index (χ0v) is 21.3. The van der Waals surface area contributed by atoms with Gasteiger partial charge in [-0.05, 0) is 107 Å². The third kappa shape index (κ3) is 4.27. The third-order valence-electron chi connectivity index (χ3n) is 8.61. The fourth-order valence-corrected chi connectivity index (χ4v) is 6.47. The molecule has 0 atom stereocenters. The number of benzene rings is 1. The van der Waals surface area contributed by atoms with Gasteiger partial charge in [0, 0.05) is 40.1 Å². The minimum Gasteiger partial charge on any atom is -0.354 e. The average Bonchev–Trinajstić information content (AvgIpc) is 3.52. The molecule has 6 nitrogen and oxygen atoms in total. The van der Waals surface area contributed by atoms with E-state index in [9.17, 15) is 0 Å². The molecule has 3 aromatic heterocycles. The Bertz CT molecular complexity index is 1300. The summed E-state index contributed by atoms with van der Waals surface area (Å²) in [5.41, 5.74) is 7.28. The van der Waals surface area contributed by atoms with Crippen molar-refractivity contribution in [2.75, 3.05) is 26.2 Å². The fraction of sp³-hybridized carbons (Fsp3) is 0.517. The number of fused-ring (bicyclic) bond motifs is 2. The second kappa shape index (κ2) is 9.40. The molecular formula is C29H38N6. The molecule has 1 aromatic carbocycles. The average molecular weight is 471 g/mol. The lowest BCUT2D eigenvalue weighted by Crippen LogP contribution is -2.48. The van der Waals surface area contributed by atoms with Crippen LogP contribution in [0.2, 0.25) is 0 Å². The normalized spacial score (nSPS) is 19.4. The molecule has 4 aromatic rings. The highest BCUT2D eigenvalue weighted by molar-refractivity contribution is 5.92. The van der Waals surface area contributed by atoms with Crippen LogP contribution in [0.1, 0.15) is 63.5 Å². The fourth-order valence-electron chi connectivity index (χ4n) is 6.47.